The van der Waals surface area contributed by atoms with E-state index in [1.54, 1.807) is 0 Å². The lowest BCUT2D eigenvalue weighted by Gasteiger charge is -2.36. The molecule has 13 heavy (non-hydrogen) atoms. The van der Waals surface area contributed by atoms with Crippen LogP contribution in [0, 0.1) is 4.91 Å². The largest absolute Gasteiger partial charge is 0.394 e. The van der Waals surface area contributed by atoms with E-state index in [-0.39, 0.29) is 0 Å². The monoisotopic (exact) mass is 193 g/mol. The number of hydrogen-bond donors (Lipinski definition) is 4. The fourth-order valence-corrected chi connectivity index (χ4v) is 1.17. The van der Waals surface area contributed by atoms with Crippen molar-refractivity contribution in [2.24, 2.45) is 5.18 Å². The second-order valence-electron chi connectivity index (χ2n) is 2.82. The maximum atomic E-state index is 10.1. The third-order valence-corrected chi connectivity index (χ3v) is 1.97. The smallest absolute Gasteiger partial charge is 0.218 e. The van der Waals surface area contributed by atoms with Crippen molar-refractivity contribution in [1.82, 2.24) is 0 Å². The van der Waals surface area contributed by atoms with Gasteiger partial charge in [0.05, 0.1) is 6.61 Å². The Hall–Kier alpha value is -0.600. The third kappa shape index (κ3) is 1.84. The summed E-state index contributed by atoms with van der Waals surface area (Å²) in [5.41, 5.74) is 0. The molecule has 76 valence electrons. The molecule has 0 amide bonds. The molecular formula is C6H11NO6. The third-order valence-electron chi connectivity index (χ3n) is 1.97. The van der Waals surface area contributed by atoms with Gasteiger partial charge in [-0.15, -0.1) is 4.91 Å². The van der Waals surface area contributed by atoms with Gasteiger partial charge in [0, 0.05) is 0 Å². The molecule has 5 unspecified atom stereocenters. The summed E-state index contributed by atoms with van der Waals surface area (Å²) < 4.78 is 4.69. The van der Waals surface area contributed by atoms with Crippen LogP contribution in [0.3, 0.4) is 0 Å². The van der Waals surface area contributed by atoms with Gasteiger partial charge in [-0.1, -0.05) is 0 Å². The highest BCUT2D eigenvalue weighted by Gasteiger charge is 2.44. The van der Waals surface area contributed by atoms with Crippen LogP contribution in [0.2, 0.25) is 0 Å². The molecule has 0 aromatic carbocycles. The number of hydrogen-bond acceptors (Lipinski definition) is 7. The molecule has 1 rings (SSSR count). The van der Waals surface area contributed by atoms with Crippen molar-refractivity contribution in [3.63, 3.8) is 0 Å². The van der Waals surface area contributed by atoms with Crippen LogP contribution in [0.1, 0.15) is 0 Å². The second kappa shape index (κ2) is 4.07. The van der Waals surface area contributed by atoms with Gasteiger partial charge in [-0.2, -0.15) is 0 Å². The molecule has 1 aliphatic rings. The van der Waals surface area contributed by atoms with Crippen molar-refractivity contribution < 1.29 is 25.2 Å². The van der Waals surface area contributed by atoms with Crippen molar-refractivity contribution in [3.05, 3.63) is 4.91 Å². The zero-order valence-electron chi connectivity index (χ0n) is 6.65. The van der Waals surface area contributed by atoms with Crippen LogP contribution < -0.4 is 0 Å². The molecule has 1 fully saturated rings. The highest BCUT2D eigenvalue weighted by Crippen LogP contribution is 2.21. The Kier molecular flexibility index (Phi) is 3.28. The van der Waals surface area contributed by atoms with E-state index >= 15 is 0 Å². The molecule has 1 heterocycles. The lowest BCUT2D eigenvalue weighted by molar-refractivity contribution is -0.227. The molecule has 0 bridgehead atoms. The highest BCUT2D eigenvalue weighted by atomic mass is 16.6. The van der Waals surface area contributed by atoms with Crippen molar-refractivity contribution in [3.8, 4) is 0 Å². The molecule has 0 spiro atoms. The van der Waals surface area contributed by atoms with E-state index < -0.39 is 37.3 Å². The van der Waals surface area contributed by atoms with Gasteiger partial charge in [0.1, 0.15) is 24.4 Å². The average Bonchev–Trinajstić information content (AvgIpc) is 2.15. The summed E-state index contributed by atoms with van der Waals surface area (Å²) in [4.78, 5) is 10.1. The summed E-state index contributed by atoms with van der Waals surface area (Å²) in [6.45, 7) is -0.559. The van der Waals surface area contributed by atoms with Crippen LogP contribution in [-0.4, -0.2) is 57.7 Å². The molecule has 0 aromatic heterocycles. The number of nitrogens with zero attached hydrogens (tertiary/aromatic N) is 1. The van der Waals surface area contributed by atoms with Crippen molar-refractivity contribution in [2.45, 2.75) is 30.6 Å². The SMILES string of the molecule is O=NC1OC(CO)C(O)C(O)C1O. The summed E-state index contributed by atoms with van der Waals surface area (Å²) in [5.74, 6) is 0. The second-order valence-corrected chi connectivity index (χ2v) is 2.82. The topological polar surface area (TPSA) is 120 Å². The molecule has 4 N–H and O–H groups in total. The molecule has 7 nitrogen and oxygen atoms in total. The lowest BCUT2D eigenvalue weighted by atomic mass is 9.99. The van der Waals surface area contributed by atoms with Crippen LogP contribution in [0.5, 0.6) is 0 Å². The molecule has 0 radical (unpaired) electrons. The molecule has 0 saturated carbocycles. The van der Waals surface area contributed by atoms with Crippen LogP contribution in [0.15, 0.2) is 5.18 Å². The maximum Gasteiger partial charge on any atom is 0.218 e. The first-order valence-electron chi connectivity index (χ1n) is 3.74. The Morgan fingerprint density at radius 2 is 1.77 bits per heavy atom. The Morgan fingerprint density at radius 3 is 2.23 bits per heavy atom. The number of aliphatic hydroxyl groups is 4. The maximum absolute atomic E-state index is 10.1. The van der Waals surface area contributed by atoms with Crippen LogP contribution in [0.4, 0.5) is 0 Å². The summed E-state index contributed by atoms with van der Waals surface area (Å²) in [6, 6.07) is 0. The standard InChI is InChI=1S/C6H11NO6/c8-1-2-3(9)4(10)5(11)6(7-12)13-2/h2-6,8-11H,1H2. The van der Waals surface area contributed by atoms with Gasteiger partial charge >= 0.3 is 0 Å². The number of ether oxygens (including phenoxy) is 1. The number of nitroso groups, excluding NO2 is 1. The molecule has 7 heteroatoms. The Bertz CT molecular complexity index is 186. The first kappa shape index (κ1) is 10.5. The fourth-order valence-electron chi connectivity index (χ4n) is 1.17. The van der Waals surface area contributed by atoms with Crippen molar-refractivity contribution in [2.75, 3.05) is 6.61 Å². The first-order valence-corrected chi connectivity index (χ1v) is 3.74. The summed E-state index contributed by atoms with van der Waals surface area (Å²) in [7, 11) is 0. The van der Waals surface area contributed by atoms with E-state index in [9.17, 15) is 10.0 Å². The minimum atomic E-state index is -1.56. The van der Waals surface area contributed by atoms with Gasteiger partial charge in [0.15, 0.2) is 0 Å². The predicted molar refractivity (Wildman–Crippen MR) is 39.6 cm³/mol. The summed E-state index contributed by atoms with van der Waals surface area (Å²) in [6.07, 6.45) is -7.06. The highest BCUT2D eigenvalue weighted by molar-refractivity contribution is 4.90. The average molecular weight is 193 g/mol. The summed E-state index contributed by atoms with van der Waals surface area (Å²) >= 11 is 0. The van der Waals surface area contributed by atoms with Gasteiger partial charge < -0.3 is 25.2 Å². The predicted octanol–water partition coefficient (Wildman–Crippen LogP) is -2.45. The van der Waals surface area contributed by atoms with E-state index in [1.807, 2.05) is 0 Å². The van der Waals surface area contributed by atoms with E-state index in [2.05, 4.69) is 5.18 Å². The van der Waals surface area contributed by atoms with Gasteiger partial charge in [0.2, 0.25) is 6.23 Å². The van der Waals surface area contributed by atoms with E-state index in [1.165, 1.54) is 0 Å². The molecule has 0 aliphatic carbocycles. The Morgan fingerprint density at radius 1 is 1.15 bits per heavy atom. The van der Waals surface area contributed by atoms with Crippen LogP contribution in [0.25, 0.3) is 0 Å². The van der Waals surface area contributed by atoms with Gasteiger partial charge in [-0.05, 0) is 5.18 Å². The van der Waals surface area contributed by atoms with E-state index in [0.717, 1.165) is 0 Å². The zero-order chi connectivity index (χ0) is 10.0. The first-order chi connectivity index (χ1) is 6.11. The Balaban J connectivity index is 2.71. The van der Waals surface area contributed by atoms with E-state index in [4.69, 9.17) is 20.1 Å². The minimum Gasteiger partial charge on any atom is -0.394 e. The molecular weight excluding hydrogens is 182 g/mol. The van der Waals surface area contributed by atoms with Crippen LogP contribution in [-0.2, 0) is 4.74 Å². The van der Waals surface area contributed by atoms with Gasteiger partial charge in [0.25, 0.3) is 0 Å². The van der Waals surface area contributed by atoms with E-state index in [0.29, 0.717) is 0 Å². The molecule has 5 atom stereocenters. The Labute approximate surface area is 73.5 Å². The zero-order valence-corrected chi connectivity index (χ0v) is 6.65. The van der Waals surface area contributed by atoms with Crippen molar-refractivity contribution in [1.29, 1.82) is 0 Å². The molecule has 1 saturated heterocycles. The molecule has 1 aliphatic heterocycles. The lowest BCUT2D eigenvalue weighted by Crippen LogP contribution is -2.57. The van der Waals surface area contributed by atoms with Crippen LogP contribution >= 0.6 is 0 Å². The van der Waals surface area contributed by atoms with Gasteiger partial charge in [-0.25, -0.2) is 0 Å². The normalized spacial score (nSPS) is 46.0. The van der Waals surface area contributed by atoms with Crippen molar-refractivity contribution >= 4 is 0 Å². The quantitative estimate of drug-likeness (QED) is 0.361. The minimum absolute atomic E-state index is 0.559. The summed E-state index contributed by atoms with van der Waals surface area (Å²) in [5, 5.41) is 38.5. The van der Waals surface area contributed by atoms with Gasteiger partial charge in [-0.3, -0.25) is 0 Å². The molecule has 0 aromatic rings. The number of rotatable bonds is 2. The number of aliphatic hydroxyl groups excluding tert-OH is 4. The fraction of sp³-hybridized carbons (Fsp3) is 1.00.